The Morgan fingerprint density at radius 1 is 1.19 bits per heavy atom. The van der Waals surface area contributed by atoms with E-state index >= 15 is 0 Å². The van der Waals surface area contributed by atoms with Gasteiger partial charge in [-0.2, -0.15) is 0 Å². The Morgan fingerprint density at radius 3 is 2.12 bits per heavy atom. The van der Waals surface area contributed by atoms with Gasteiger partial charge in [-0.25, -0.2) is 0 Å². The van der Waals surface area contributed by atoms with Crippen molar-refractivity contribution in [1.82, 2.24) is 0 Å². The molecule has 0 saturated carbocycles. The maximum atomic E-state index is 6.08. The second-order valence-electron chi connectivity index (χ2n) is 4.51. The number of para-hydroxylation sites is 1. The molecule has 0 bridgehead atoms. The molecule has 90 valence electrons. The summed E-state index contributed by atoms with van der Waals surface area (Å²) in [4.78, 5) is 0. The van der Waals surface area contributed by atoms with Gasteiger partial charge in [0.05, 0.1) is 6.04 Å². The molecule has 1 rings (SSSR count). The van der Waals surface area contributed by atoms with Gasteiger partial charge in [-0.3, -0.25) is 0 Å². The summed E-state index contributed by atoms with van der Waals surface area (Å²) in [5, 5.41) is 0. The van der Waals surface area contributed by atoms with E-state index < -0.39 is 0 Å². The number of hydrogen-bond acceptors (Lipinski definition) is 2. The predicted octanol–water partition coefficient (Wildman–Crippen LogP) is 3.43. The highest BCUT2D eigenvalue weighted by Gasteiger charge is 2.20. The molecule has 0 saturated heterocycles. The SMILES string of the molecule is Cc1cccc(C)c1O[C@H](I)C(N)C(C)C. The lowest BCUT2D eigenvalue weighted by Gasteiger charge is -2.24. The lowest BCUT2D eigenvalue weighted by atomic mass is 10.1. The van der Waals surface area contributed by atoms with Crippen LogP contribution in [0, 0.1) is 19.8 Å². The van der Waals surface area contributed by atoms with Crippen molar-refractivity contribution >= 4 is 22.6 Å². The number of alkyl halides is 1. The monoisotopic (exact) mass is 333 g/mol. The van der Waals surface area contributed by atoms with E-state index in [-0.39, 0.29) is 10.2 Å². The highest BCUT2D eigenvalue weighted by Crippen LogP contribution is 2.26. The first-order valence-corrected chi connectivity index (χ1v) is 6.80. The van der Waals surface area contributed by atoms with E-state index in [0.717, 1.165) is 16.9 Å². The van der Waals surface area contributed by atoms with Gasteiger partial charge in [0.25, 0.3) is 0 Å². The molecule has 0 aliphatic rings. The number of benzene rings is 1. The summed E-state index contributed by atoms with van der Waals surface area (Å²) in [5.74, 6) is 1.39. The summed E-state index contributed by atoms with van der Waals surface area (Å²) in [6, 6.07) is 6.22. The fourth-order valence-electron chi connectivity index (χ4n) is 1.48. The molecule has 1 unspecified atom stereocenters. The summed E-state index contributed by atoms with van der Waals surface area (Å²) in [7, 11) is 0. The van der Waals surface area contributed by atoms with Crippen LogP contribution in [-0.2, 0) is 0 Å². The van der Waals surface area contributed by atoms with E-state index in [9.17, 15) is 0 Å². The van der Waals surface area contributed by atoms with Crippen LogP contribution in [0.3, 0.4) is 0 Å². The van der Waals surface area contributed by atoms with E-state index in [2.05, 4.69) is 62.4 Å². The van der Waals surface area contributed by atoms with Crippen molar-refractivity contribution in [2.75, 3.05) is 0 Å². The van der Waals surface area contributed by atoms with Gasteiger partial charge in [0.15, 0.2) is 4.11 Å². The van der Waals surface area contributed by atoms with Crippen LogP contribution in [0.4, 0.5) is 0 Å². The van der Waals surface area contributed by atoms with Crippen molar-refractivity contribution in [2.45, 2.75) is 37.8 Å². The second-order valence-corrected chi connectivity index (χ2v) is 5.74. The Bertz CT molecular complexity index is 332. The highest BCUT2D eigenvalue weighted by molar-refractivity contribution is 14.1. The van der Waals surface area contributed by atoms with Gasteiger partial charge in [-0.05, 0) is 53.5 Å². The number of rotatable bonds is 4. The third kappa shape index (κ3) is 3.35. The molecule has 1 aromatic carbocycles. The minimum atomic E-state index is 0.0115. The normalized spacial score (nSPS) is 14.9. The van der Waals surface area contributed by atoms with Gasteiger partial charge in [0.1, 0.15) is 5.75 Å². The molecule has 0 aliphatic carbocycles. The number of hydrogen-bond donors (Lipinski definition) is 1. The Hall–Kier alpha value is -0.290. The summed E-state index contributed by atoms with van der Waals surface area (Å²) < 4.78 is 5.97. The van der Waals surface area contributed by atoms with E-state index in [1.165, 1.54) is 0 Å². The number of aryl methyl sites for hydroxylation is 2. The van der Waals surface area contributed by atoms with Gasteiger partial charge in [-0.1, -0.05) is 32.0 Å². The first-order valence-electron chi connectivity index (χ1n) is 5.56. The fourth-order valence-corrected chi connectivity index (χ4v) is 2.56. The third-order valence-corrected chi connectivity index (χ3v) is 3.80. The van der Waals surface area contributed by atoms with Gasteiger partial charge in [-0.15, -0.1) is 0 Å². The maximum absolute atomic E-state index is 6.08. The molecule has 16 heavy (non-hydrogen) atoms. The maximum Gasteiger partial charge on any atom is 0.164 e. The van der Waals surface area contributed by atoms with Crippen molar-refractivity contribution < 1.29 is 4.74 Å². The lowest BCUT2D eigenvalue weighted by Crippen LogP contribution is -2.39. The molecule has 0 spiro atoms. The van der Waals surface area contributed by atoms with E-state index in [0.29, 0.717) is 5.92 Å². The van der Waals surface area contributed by atoms with Crippen molar-refractivity contribution in [1.29, 1.82) is 0 Å². The van der Waals surface area contributed by atoms with Crippen molar-refractivity contribution in [3.8, 4) is 5.75 Å². The predicted molar refractivity (Wildman–Crippen MR) is 77.2 cm³/mol. The highest BCUT2D eigenvalue weighted by atomic mass is 127. The number of nitrogens with two attached hydrogens (primary N) is 1. The smallest absolute Gasteiger partial charge is 0.164 e. The van der Waals surface area contributed by atoms with Crippen molar-refractivity contribution in [3.05, 3.63) is 29.3 Å². The Balaban J connectivity index is 2.80. The van der Waals surface area contributed by atoms with Gasteiger partial charge < -0.3 is 10.5 Å². The lowest BCUT2D eigenvalue weighted by molar-refractivity contribution is 0.239. The van der Waals surface area contributed by atoms with Gasteiger partial charge in [0, 0.05) is 0 Å². The fraction of sp³-hybridized carbons (Fsp3) is 0.538. The van der Waals surface area contributed by atoms with E-state index in [1.54, 1.807) is 0 Å². The Morgan fingerprint density at radius 2 is 1.69 bits per heavy atom. The van der Waals surface area contributed by atoms with Crippen LogP contribution in [0.15, 0.2) is 18.2 Å². The molecule has 2 nitrogen and oxygen atoms in total. The molecule has 0 fully saturated rings. The zero-order valence-electron chi connectivity index (χ0n) is 10.3. The molecule has 2 atom stereocenters. The van der Waals surface area contributed by atoms with E-state index in [1.807, 2.05) is 6.07 Å². The average molecular weight is 333 g/mol. The van der Waals surface area contributed by atoms with Crippen molar-refractivity contribution in [2.24, 2.45) is 11.7 Å². The Labute approximate surface area is 112 Å². The van der Waals surface area contributed by atoms with Gasteiger partial charge in [0.2, 0.25) is 0 Å². The standard InChI is InChI=1S/C13H20INO/c1-8(2)11(15)13(14)16-12-9(3)6-5-7-10(12)4/h5-8,11,13H,15H2,1-4H3/t11?,13-/m0/s1. The molecule has 0 heterocycles. The van der Waals surface area contributed by atoms with Crippen LogP contribution in [0.2, 0.25) is 0 Å². The van der Waals surface area contributed by atoms with Crippen LogP contribution >= 0.6 is 22.6 Å². The first kappa shape index (κ1) is 13.8. The molecule has 0 aliphatic heterocycles. The summed E-state index contributed by atoms with van der Waals surface area (Å²) in [5.41, 5.74) is 8.40. The molecular weight excluding hydrogens is 313 g/mol. The molecule has 0 amide bonds. The van der Waals surface area contributed by atoms with Crippen LogP contribution in [-0.4, -0.2) is 10.2 Å². The zero-order chi connectivity index (χ0) is 12.3. The number of ether oxygens (including phenoxy) is 1. The molecular formula is C13H20INO. The van der Waals surface area contributed by atoms with Crippen LogP contribution in [0.5, 0.6) is 5.75 Å². The Kier molecular flexibility index (Phi) is 5.05. The van der Waals surface area contributed by atoms with Crippen LogP contribution in [0.25, 0.3) is 0 Å². The number of halogens is 1. The van der Waals surface area contributed by atoms with Gasteiger partial charge >= 0.3 is 0 Å². The van der Waals surface area contributed by atoms with E-state index in [4.69, 9.17) is 10.5 Å². The minimum Gasteiger partial charge on any atom is -0.478 e. The summed E-state index contributed by atoms with van der Waals surface area (Å²) in [6.45, 7) is 8.36. The molecule has 2 N–H and O–H groups in total. The zero-order valence-corrected chi connectivity index (χ0v) is 12.5. The molecule has 3 heteroatoms. The largest absolute Gasteiger partial charge is 0.478 e. The third-order valence-electron chi connectivity index (χ3n) is 2.71. The van der Waals surface area contributed by atoms with Crippen LogP contribution in [0.1, 0.15) is 25.0 Å². The summed E-state index contributed by atoms with van der Waals surface area (Å²) >= 11 is 2.27. The van der Waals surface area contributed by atoms with Crippen LogP contribution < -0.4 is 10.5 Å². The topological polar surface area (TPSA) is 35.2 Å². The molecule has 1 aromatic rings. The summed E-state index contributed by atoms with van der Waals surface area (Å²) in [6.07, 6.45) is 0. The van der Waals surface area contributed by atoms with Crippen molar-refractivity contribution in [3.63, 3.8) is 0 Å². The molecule has 0 radical (unpaired) electrons. The quantitative estimate of drug-likeness (QED) is 0.677. The second kappa shape index (κ2) is 5.87. The minimum absolute atomic E-state index is 0.0115. The first-order chi connectivity index (χ1) is 7.43. The average Bonchev–Trinajstić information content (AvgIpc) is 2.22. The molecule has 0 aromatic heterocycles.